The maximum atomic E-state index is 12.1. The van der Waals surface area contributed by atoms with Crippen LogP contribution in [0.1, 0.15) is 24.8 Å². The molecule has 1 heterocycles. The maximum absolute atomic E-state index is 12.1. The maximum Gasteiger partial charge on any atom is 0.228 e. The van der Waals surface area contributed by atoms with E-state index in [1.807, 2.05) is 36.6 Å². The normalized spacial score (nSPS) is 18.6. The molecule has 0 saturated heterocycles. The van der Waals surface area contributed by atoms with E-state index in [1.165, 1.54) is 0 Å². The third-order valence-corrected chi connectivity index (χ3v) is 4.84. The van der Waals surface area contributed by atoms with Gasteiger partial charge in [-0.1, -0.05) is 29.8 Å². The Labute approximate surface area is 141 Å². The summed E-state index contributed by atoms with van der Waals surface area (Å²) < 4.78 is 0. The Morgan fingerprint density at radius 3 is 2.74 bits per heavy atom. The van der Waals surface area contributed by atoms with Crippen LogP contribution in [0, 0.1) is 11.3 Å². The number of hydrogen-bond donors (Lipinski definition) is 1. The predicted molar refractivity (Wildman–Crippen MR) is 89.4 cm³/mol. The highest BCUT2D eigenvalue weighted by molar-refractivity contribution is 6.31. The van der Waals surface area contributed by atoms with E-state index < -0.39 is 0 Å². The number of allylic oxidation sites excluding steroid dienone is 1. The summed E-state index contributed by atoms with van der Waals surface area (Å²) in [6.45, 7) is 0.645. The minimum absolute atomic E-state index is 0.0962. The minimum atomic E-state index is -0.347. The van der Waals surface area contributed by atoms with Crippen molar-refractivity contribution in [3.63, 3.8) is 0 Å². The van der Waals surface area contributed by atoms with E-state index in [-0.39, 0.29) is 17.9 Å². The zero-order valence-electron chi connectivity index (χ0n) is 12.8. The van der Waals surface area contributed by atoms with Gasteiger partial charge in [-0.15, -0.1) is 0 Å². The number of halogens is 1. The molecule has 0 spiro atoms. The Hall–Kier alpha value is -2.25. The largest absolute Gasteiger partial charge is 0.356 e. The van der Waals surface area contributed by atoms with E-state index in [9.17, 15) is 10.1 Å². The number of nitrogens with one attached hydrogen (secondary N) is 1. The van der Waals surface area contributed by atoms with Crippen LogP contribution in [0.3, 0.4) is 0 Å². The molecule has 118 valence electrons. The summed E-state index contributed by atoms with van der Waals surface area (Å²) in [7, 11) is 0. The van der Waals surface area contributed by atoms with Crippen molar-refractivity contribution in [1.29, 1.82) is 5.26 Å². The zero-order valence-corrected chi connectivity index (χ0v) is 13.5. The van der Waals surface area contributed by atoms with Crippen LogP contribution in [-0.2, 0) is 11.2 Å². The van der Waals surface area contributed by atoms with Crippen molar-refractivity contribution in [3.05, 3.63) is 58.9 Å². The van der Waals surface area contributed by atoms with Crippen LogP contribution in [0.5, 0.6) is 0 Å². The molecular formula is C18H18ClN3O. The van der Waals surface area contributed by atoms with Crippen LogP contribution in [0.4, 0.5) is 0 Å². The molecule has 1 amide bonds. The lowest BCUT2D eigenvalue weighted by Gasteiger charge is -2.45. The average molecular weight is 328 g/mol. The SMILES string of the molecule is N#CC1(N2C=CC(NC(=O)Cc3ccccc3Cl)=CC2)CCC1. The molecule has 0 aromatic heterocycles. The fourth-order valence-electron chi connectivity index (χ4n) is 2.90. The molecule has 23 heavy (non-hydrogen) atoms. The summed E-state index contributed by atoms with van der Waals surface area (Å²) in [5.74, 6) is -0.0962. The second kappa shape index (κ2) is 6.47. The van der Waals surface area contributed by atoms with Crippen LogP contribution in [0.15, 0.2) is 48.3 Å². The van der Waals surface area contributed by atoms with Crippen molar-refractivity contribution < 1.29 is 4.79 Å². The van der Waals surface area contributed by atoms with E-state index in [1.54, 1.807) is 6.07 Å². The Bertz CT molecular complexity index is 713. The summed E-state index contributed by atoms with van der Waals surface area (Å²) in [5, 5.41) is 12.8. The molecule has 1 aromatic carbocycles. The minimum Gasteiger partial charge on any atom is -0.356 e. The van der Waals surface area contributed by atoms with Crippen LogP contribution in [0.2, 0.25) is 5.02 Å². The van der Waals surface area contributed by atoms with E-state index in [2.05, 4.69) is 16.3 Å². The molecule has 1 fully saturated rings. The van der Waals surface area contributed by atoms with Crippen molar-refractivity contribution in [3.8, 4) is 6.07 Å². The Morgan fingerprint density at radius 2 is 2.17 bits per heavy atom. The molecule has 0 unspecified atom stereocenters. The molecule has 4 nitrogen and oxygen atoms in total. The molecule has 0 atom stereocenters. The van der Waals surface area contributed by atoms with Gasteiger partial charge in [0.2, 0.25) is 5.91 Å². The van der Waals surface area contributed by atoms with Gasteiger partial charge in [0.05, 0.1) is 12.5 Å². The molecule has 1 aliphatic heterocycles. The third-order valence-electron chi connectivity index (χ3n) is 4.47. The Kier molecular flexibility index (Phi) is 4.40. The fourth-order valence-corrected chi connectivity index (χ4v) is 3.10. The number of hydrogen-bond acceptors (Lipinski definition) is 3. The van der Waals surface area contributed by atoms with Gasteiger partial charge in [0.25, 0.3) is 0 Å². The van der Waals surface area contributed by atoms with Gasteiger partial charge in [0.15, 0.2) is 0 Å². The number of carbonyl (C=O) groups is 1. The summed E-state index contributed by atoms with van der Waals surface area (Å²) in [5.41, 5.74) is 1.23. The van der Waals surface area contributed by atoms with Crippen molar-refractivity contribution in [2.24, 2.45) is 0 Å². The third kappa shape index (κ3) is 3.25. The van der Waals surface area contributed by atoms with Gasteiger partial charge in [-0.05, 0) is 43.0 Å². The number of rotatable bonds is 4. The van der Waals surface area contributed by atoms with Gasteiger partial charge < -0.3 is 10.2 Å². The molecule has 2 aliphatic rings. The topological polar surface area (TPSA) is 56.1 Å². The number of carbonyl (C=O) groups excluding carboxylic acids is 1. The van der Waals surface area contributed by atoms with E-state index in [0.717, 1.165) is 30.5 Å². The average Bonchev–Trinajstić information content (AvgIpc) is 2.51. The van der Waals surface area contributed by atoms with Crippen LogP contribution in [-0.4, -0.2) is 22.9 Å². The van der Waals surface area contributed by atoms with Crippen molar-refractivity contribution in [1.82, 2.24) is 10.2 Å². The van der Waals surface area contributed by atoms with Gasteiger partial charge >= 0.3 is 0 Å². The summed E-state index contributed by atoms with van der Waals surface area (Å²) in [4.78, 5) is 14.2. The second-order valence-electron chi connectivity index (χ2n) is 5.94. The lowest BCUT2D eigenvalue weighted by molar-refractivity contribution is -0.119. The van der Waals surface area contributed by atoms with Gasteiger partial charge in [0.1, 0.15) is 5.54 Å². The number of amides is 1. The van der Waals surface area contributed by atoms with Crippen LogP contribution in [0.25, 0.3) is 0 Å². The molecule has 1 aromatic rings. The molecule has 5 heteroatoms. The van der Waals surface area contributed by atoms with Gasteiger partial charge in [-0.2, -0.15) is 5.26 Å². The van der Waals surface area contributed by atoms with E-state index >= 15 is 0 Å². The van der Waals surface area contributed by atoms with Crippen LogP contribution >= 0.6 is 11.6 Å². The quantitative estimate of drug-likeness (QED) is 0.924. The van der Waals surface area contributed by atoms with Crippen LogP contribution < -0.4 is 5.32 Å². The first kappa shape index (κ1) is 15.6. The molecule has 1 aliphatic carbocycles. The number of nitriles is 1. The fraction of sp³-hybridized carbons (Fsp3) is 0.333. The predicted octanol–water partition coefficient (Wildman–Crippen LogP) is 3.16. The zero-order chi connectivity index (χ0) is 16.3. The number of nitrogens with zero attached hydrogens (tertiary/aromatic N) is 2. The smallest absolute Gasteiger partial charge is 0.228 e. The molecule has 0 bridgehead atoms. The van der Waals surface area contributed by atoms with Gasteiger partial charge in [-0.25, -0.2) is 0 Å². The molecule has 1 N–H and O–H groups in total. The van der Waals surface area contributed by atoms with Crippen molar-refractivity contribution in [2.75, 3.05) is 6.54 Å². The lowest BCUT2D eigenvalue weighted by atomic mass is 9.76. The molecule has 1 saturated carbocycles. The highest BCUT2D eigenvalue weighted by Crippen LogP contribution is 2.38. The van der Waals surface area contributed by atoms with Crippen molar-refractivity contribution in [2.45, 2.75) is 31.2 Å². The summed E-state index contributed by atoms with van der Waals surface area (Å²) in [6.07, 6.45) is 8.88. The standard InChI is InChI=1S/C18H18ClN3O/c19-16-5-2-1-4-14(16)12-17(23)21-15-6-10-22(11-7-15)18(13-20)8-3-9-18/h1-2,4-7,10H,3,8-9,11-12H2,(H,21,23). The summed E-state index contributed by atoms with van der Waals surface area (Å²) in [6, 6.07) is 9.76. The molecule has 0 radical (unpaired) electrons. The Balaban J connectivity index is 1.57. The first-order valence-corrected chi connectivity index (χ1v) is 8.10. The van der Waals surface area contributed by atoms with Gasteiger partial charge in [-0.3, -0.25) is 4.79 Å². The second-order valence-corrected chi connectivity index (χ2v) is 6.35. The highest BCUT2D eigenvalue weighted by atomic mass is 35.5. The Morgan fingerprint density at radius 1 is 1.39 bits per heavy atom. The monoisotopic (exact) mass is 327 g/mol. The first-order valence-electron chi connectivity index (χ1n) is 7.73. The first-order chi connectivity index (χ1) is 11.1. The highest BCUT2D eigenvalue weighted by Gasteiger charge is 2.41. The van der Waals surface area contributed by atoms with Gasteiger partial charge in [0, 0.05) is 23.5 Å². The molecule has 3 rings (SSSR count). The number of benzene rings is 1. The molecular weight excluding hydrogens is 310 g/mol. The summed E-state index contributed by atoms with van der Waals surface area (Å²) >= 11 is 6.07. The van der Waals surface area contributed by atoms with Crippen molar-refractivity contribution >= 4 is 17.5 Å². The van der Waals surface area contributed by atoms with E-state index in [4.69, 9.17) is 11.6 Å². The lowest BCUT2D eigenvalue weighted by Crippen LogP contribution is -2.50. The van der Waals surface area contributed by atoms with E-state index in [0.29, 0.717) is 11.6 Å².